The van der Waals surface area contributed by atoms with Crippen LogP contribution in [-0.2, 0) is 0 Å². The molecule has 0 aromatic carbocycles. The van der Waals surface area contributed by atoms with Crippen LogP contribution in [0.4, 0.5) is 0 Å². The summed E-state index contributed by atoms with van der Waals surface area (Å²) in [6, 6.07) is 2.15. The van der Waals surface area contributed by atoms with Crippen LogP contribution in [0.25, 0.3) is 0 Å². The van der Waals surface area contributed by atoms with Crippen LogP contribution in [0.15, 0.2) is 0 Å². The fourth-order valence-corrected chi connectivity index (χ4v) is 3.41. The molecule has 0 aromatic rings. The Bertz CT molecular complexity index is 219. The summed E-state index contributed by atoms with van der Waals surface area (Å²) < 4.78 is 0. The summed E-state index contributed by atoms with van der Waals surface area (Å²) in [6.45, 7) is 10.3. The van der Waals surface area contributed by atoms with Crippen LogP contribution >= 0.6 is 0 Å². The van der Waals surface area contributed by atoms with E-state index < -0.39 is 0 Å². The van der Waals surface area contributed by atoms with Crippen molar-refractivity contribution >= 4 is 0 Å². The second kappa shape index (κ2) is 8.97. The number of likely N-dealkylation sites (N-methyl/N-ethyl adjacent to an activating group) is 1. The molecule has 1 aliphatic rings. The van der Waals surface area contributed by atoms with E-state index in [1.165, 1.54) is 44.9 Å². The molecule has 19 heavy (non-hydrogen) atoms. The average molecular weight is 268 g/mol. The van der Waals surface area contributed by atoms with Crippen LogP contribution in [0.1, 0.15) is 72.6 Å². The fourth-order valence-electron chi connectivity index (χ4n) is 3.41. The number of hydrogen-bond donors (Lipinski definition) is 1. The summed E-state index contributed by atoms with van der Waals surface area (Å²) in [7, 11) is 2.36. The normalized spacial score (nSPS) is 26.1. The van der Waals surface area contributed by atoms with Crippen LogP contribution in [0.3, 0.4) is 0 Å². The molecule has 0 bridgehead atoms. The van der Waals surface area contributed by atoms with Gasteiger partial charge >= 0.3 is 0 Å². The molecule has 1 saturated carbocycles. The van der Waals surface area contributed by atoms with E-state index in [0.29, 0.717) is 6.04 Å². The molecule has 1 fully saturated rings. The van der Waals surface area contributed by atoms with E-state index >= 15 is 0 Å². The van der Waals surface area contributed by atoms with Crippen LogP contribution in [0.2, 0.25) is 0 Å². The van der Waals surface area contributed by atoms with E-state index in [0.717, 1.165) is 24.5 Å². The van der Waals surface area contributed by atoms with Crippen LogP contribution < -0.4 is 5.32 Å². The third kappa shape index (κ3) is 5.83. The molecule has 114 valence electrons. The Morgan fingerprint density at radius 2 is 1.74 bits per heavy atom. The molecule has 0 amide bonds. The smallest absolute Gasteiger partial charge is 0.0220 e. The van der Waals surface area contributed by atoms with Crippen molar-refractivity contribution in [2.75, 3.05) is 13.6 Å². The van der Waals surface area contributed by atoms with Gasteiger partial charge in [-0.15, -0.1) is 0 Å². The molecule has 0 saturated heterocycles. The van der Waals surface area contributed by atoms with Gasteiger partial charge < -0.3 is 5.32 Å². The zero-order valence-corrected chi connectivity index (χ0v) is 13.9. The Labute approximate surface area is 121 Å². The molecule has 1 N–H and O–H groups in total. The topological polar surface area (TPSA) is 15.3 Å². The summed E-state index contributed by atoms with van der Waals surface area (Å²) in [6.07, 6.45) is 9.71. The maximum atomic E-state index is 3.63. The standard InChI is InChI=1S/C17H36N2/c1-6-8-17(13-18-14(3)4)19(5)16-11-9-15(7-2)10-12-16/h14-18H,6-13H2,1-5H3. The molecule has 0 heterocycles. The molecule has 1 aliphatic carbocycles. The Kier molecular flexibility index (Phi) is 8.01. The first-order chi connectivity index (χ1) is 9.08. The molecule has 2 nitrogen and oxygen atoms in total. The Morgan fingerprint density at radius 3 is 2.21 bits per heavy atom. The summed E-state index contributed by atoms with van der Waals surface area (Å²) in [4.78, 5) is 2.69. The molecular formula is C17H36N2. The lowest BCUT2D eigenvalue weighted by atomic mass is 9.83. The number of hydrogen-bond acceptors (Lipinski definition) is 2. The minimum Gasteiger partial charge on any atom is -0.313 e. The van der Waals surface area contributed by atoms with E-state index in [2.05, 4.69) is 45.0 Å². The van der Waals surface area contributed by atoms with E-state index in [-0.39, 0.29) is 0 Å². The predicted octanol–water partition coefficient (Wildman–Crippen LogP) is 4.05. The van der Waals surface area contributed by atoms with E-state index in [9.17, 15) is 0 Å². The van der Waals surface area contributed by atoms with Gasteiger partial charge in [-0.05, 0) is 45.1 Å². The van der Waals surface area contributed by atoms with Gasteiger partial charge in [0, 0.05) is 24.7 Å². The van der Waals surface area contributed by atoms with Crippen molar-refractivity contribution in [2.24, 2.45) is 5.92 Å². The molecule has 0 aromatic heterocycles. The van der Waals surface area contributed by atoms with Crippen molar-refractivity contribution in [3.05, 3.63) is 0 Å². The molecule has 1 atom stereocenters. The van der Waals surface area contributed by atoms with Crippen molar-refractivity contribution < 1.29 is 0 Å². The van der Waals surface area contributed by atoms with Crippen LogP contribution in [-0.4, -0.2) is 36.6 Å². The Balaban J connectivity index is 2.44. The van der Waals surface area contributed by atoms with Gasteiger partial charge in [0.15, 0.2) is 0 Å². The molecule has 0 radical (unpaired) electrons. The van der Waals surface area contributed by atoms with E-state index in [1.807, 2.05) is 0 Å². The SMILES string of the molecule is CCCC(CNC(C)C)N(C)C1CCC(CC)CC1. The van der Waals surface area contributed by atoms with Crippen LogP contribution in [0.5, 0.6) is 0 Å². The van der Waals surface area contributed by atoms with Gasteiger partial charge in [-0.1, -0.05) is 40.5 Å². The van der Waals surface area contributed by atoms with Crippen molar-refractivity contribution in [3.63, 3.8) is 0 Å². The zero-order chi connectivity index (χ0) is 14.3. The highest BCUT2D eigenvalue weighted by Gasteiger charge is 2.26. The zero-order valence-electron chi connectivity index (χ0n) is 13.9. The third-order valence-electron chi connectivity index (χ3n) is 4.93. The molecular weight excluding hydrogens is 232 g/mol. The number of nitrogens with zero attached hydrogens (tertiary/aromatic N) is 1. The summed E-state index contributed by atoms with van der Waals surface area (Å²) >= 11 is 0. The van der Waals surface area contributed by atoms with Gasteiger partial charge in [0.1, 0.15) is 0 Å². The van der Waals surface area contributed by atoms with Gasteiger partial charge in [-0.25, -0.2) is 0 Å². The maximum absolute atomic E-state index is 3.63. The van der Waals surface area contributed by atoms with Gasteiger partial charge in [-0.2, -0.15) is 0 Å². The summed E-state index contributed by atoms with van der Waals surface area (Å²) in [5, 5.41) is 3.63. The first kappa shape index (κ1) is 17.0. The highest BCUT2D eigenvalue weighted by atomic mass is 15.2. The minimum atomic E-state index is 0.601. The third-order valence-corrected chi connectivity index (χ3v) is 4.93. The Morgan fingerprint density at radius 1 is 1.11 bits per heavy atom. The van der Waals surface area contributed by atoms with Crippen molar-refractivity contribution in [1.82, 2.24) is 10.2 Å². The van der Waals surface area contributed by atoms with Gasteiger partial charge in [-0.3, -0.25) is 4.90 Å². The number of rotatable bonds is 8. The first-order valence-corrected chi connectivity index (χ1v) is 8.53. The van der Waals surface area contributed by atoms with E-state index in [1.54, 1.807) is 0 Å². The molecule has 0 spiro atoms. The van der Waals surface area contributed by atoms with Crippen LogP contribution in [0, 0.1) is 5.92 Å². The van der Waals surface area contributed by atoms with Crippen molar-refractivity contribution in [1.29, 1.82) is 0 Å². The lowest BCUT2D eigenvalue weighted by Gasteiger charge is -2.39. The lowest BCUT2D eigenvalue weighted by molar-refractivity contribution is 0.111. The highest BCUT2D eigenvalue weighted by molar-refractivity contribution is 4.83. The monoisotopic (exact) mass is 268 g/mol. The summed E-state index contributed by atoms with van der Waals surface area (Å²) in [5.41, 5.74) is 0. The van der Waals surface area contributed by atoms with Gasteiger partial charge in [0.2, 0.25) is 0 Å². The van der Waals surface area contributed by atoms with E-state index in [4.69, 9.17) is 0 Å². The molecule has 1 unspecified atom stereocenters. The Hall–Kier alpha value is -0.0800. The second-order valence-electron chi connectivity index (χ2n) is 6.75. The lowest BCUT2D eigenvalue weighted by Crippen LogP contribution is -2.47. The van der Waals surface area contributed by atoms with Gasteiger partial charge in [0.05, 0.1) is 0 Å². The van der Waals surface area contributed by atoms with Crippen molar-refractivity contribution in [3.8, 4) is 0 Å². The fraction of sp³-hybridized carbons (Fsp3) is 1.00. The summed E-state index contributed by atoms with van der Waals surface area (Å²) in [5.74, 6) is 1.00. The van der Waals surface area contributed by atoms with Gasteiger partial charge in [0.25, 0.3) is 0 Å². The highest BCUT2D eigenvalue weighted by Crippen LogP contribution is 2.30. The quantitative estimate of drug-likeness (QED) is 0.714. The van der Waals surface area contributed by atoms with Crippen molar-refractivity contribution in [2.45, 2.75) is 90.8 Å². The first-order valence-electron chi connectivity index (χ1n) is 8.53. The molecule has 1 rings (SSSR count). The maximum Gasteiger partial charge on any atom is 0.0220 e. The predicted molar refractivity (Wildman–Crippen MR) is 85.6 cm³/mol. The molecule has 0 aliphatic heterocycles. The average Bonchev–Trinajstić information content (AvgIpc) is 2.42. The largest absolute Gasteiger partial charge is 0.313 e. The number of nitrogens with one attached hydrogen (secondary N) is 1. The second-order valence-corrected chi connectivity index (χ2v) is 6.75. The minimum absolute atomic E-state index is 0.601. The molecule has 2 heteroatoms.